The Hall–Kier alpha value is -3.17. The minimum absolute atomic E-state index is 0.0670. The van der Waals surface area contributed by atoms with Crippen LogP contribution in [-0.4, -0.2) is 25.3 Å². The smallest absolute Gasteiger partial charge is 0.318 e. The molecule has 1 aromatic heterocycles. The monoisotopic (exact) mass is 487 g/mol. The second-order valence-electron chi connectivity index (χ2n) is 8.88. The molecule has 0 amide bonds. The molecule has 0 N–H and O–H groups in total. The molecule has 0 atom stereocenters. The lowest BCUT2D eigenvalue weighted by atomic mass is 10.0. The van der Waals surface area contributed by atoms with E-state index in [1.165, 1.54) is 83.1 Å². The zero-order chi connectivity index (χ0) is 25.3. The van der Waals surface area contributed by atoms with Gasteiger partial charge in [0.2, 0.25) is 11.6 Å². The van der Waals surface area contributed by atoms with E-state index in [2.05, 4.69) is 22.3 Å². The Morgan fingerprint density at radius 2 is 1.31 bits per heavy atom. The van der Waals surface area contributed by atoms with E-state index in [9.17, 15) is 20.2 Å². The van der Waals surface area contributed by atoms with Crippen LogP contribution >= 0.6 is 0 Å². The highest BCUT2D eigenvalue weighted by atomic mass is 16.6. The summed E-state index contributed by atoms with van der Waals surface area (Å²) in [6.07, 6.45) is 18.7. The standard InChI is InChI=1S/C25H37N5O5/c1-2-3-4-5-6-7-8-9-10-11-12-13-14-15-16-21-19-25(27-28-26-21)35-24-18-17-22(29(31)32)20-23(24)30(33)34/h17-20H,2-16H2,1H3. The third kappa shape index (κ3) is 11.2. The molecule has 35 heavy (non-hydrogen) atoms. The minimum Gasteiger partial charge on any atom is -0.430 e. The second kappa shape index (κ2) is 16.5. The molecule has 0 bridgehead atoms. The summed E-state index contributed by atoms with van der Waals surface area (Å²) >= 11 is 0. The number of benzene rings is 1. The molecule has 192 valence electrons. The number of hydrogen-bond acceptors (Lipinski definition) is 8. The number of unbranched alkanes of at least 4 members (excludes halogenated alkanes) is 13. The van der Waals surface area contributed by atoms with Gasteiger partial charge in [0.1, 0.15) is 0 Å². The molecule has 10 nitrogen and oxygen atoms in total. The van der Waals surface area contributed by atoms with Crippen molar-refractivity contribution in [2.45, 2.75) is 103 Å². The Bertz CT molecular complexity index is 925. The van der Waals surface area contributed by atoms with Crippen LogP contribution in [0.1, 0.15) is 103 Å². The van der Waals surface area contributed by atoms with Gasteiger partial charge in [0.05, 0.1) is 21.6 Å². The topological polar surface area (TPSA) is 134 Å². The molecular formula is C25H37N5O5. The number of aromatic nitrogens is 3. The number of nitro groups is 2. The van der Waals surface area contributed by atoms with E-state index in [-0.39, 0.29) is 17.3 Å². The number of nitro benzene ring substituents is 2. The van der Waals surface area contributed by atoms with Crippen molar-refractivity contribution >= 4 is 11.4 Å². The molecule has 0 aliphatic rings. The number of non-ortho nitro benzene ring substituents is 1. The van der Waals surface area contributed by atoms with Crippen LogP contribution in [0.4, 0.5) is 11.4 Å². The normalized spacial score (nSPS) is 10.9. The van der Waals surface area contributed by atoms with Gasteiger partial charge in [0.25, 0.3) is 5.69 Å². The van der Waals surface area contributed by atoms with Crippen molar-refractivity contribution in [3.63, 3.8) is 0 Å². The zero-order valence-electron chi connectivity index (χ0n) is 20.7. The summed E-state index contributed by atoms with van der Waals surface area (Å²) in [5, 5.41) is 33.6. The van der Waals surface area contributed by atoms with Crippen molar-refractivity contribution in [3.8, 4) is 11.6 Å². The van der Waals surface area contributed by atoms with Gasteiger partial charge in [0.15, 0.2) is 0 Å². The van der Waals surface area contributed by atoms with Gasteiger partial charge in [-0.15, -0.1) is 5.10 Å². The molecule has 10 heteroatoms. The minimum atomic E-state index is -0.730. The summed E-state index contributed by atoms with van der Waals surface area (Å²) < 4.78 is 5.49. The van der Waals surface area contributed by atoms with Crippen molar-refractivity contribution in [2.75, 3.05) is 0 Å². The van der Waals surface area contributed by atoms with Gasteiger partial charge in [0, 0.05) is 12.1 Å². The third-order valence-electron chi connectivity index (χ3n) is 5.96. The molecule has 2 rings (SSSR count). The van der Waals surface area contributed by atoms with Gasteiger partial charge in [-0.25, -0.2) is 0 Å². The summed E-state index contributed by atoms with van der Waals surface area (Å²) in [4.78, 5) is 20.7. The van der Waals surface area contributed by atoms with Crippen molar-refractivity contribution in [3.05, 3.63) is 50.2 Å². The summed E-state index contributed by atoms with van der Waals surface area (Å²) in [6, 6.07) is 4.79. The largest absolute Gasteiger partial charge is 0.430 e. The fraction of sp³-hybridized carbons (Fsp3) is 0.640. The van der Waals surface area contributed by atoms with Gasteiger partial charge in [-0.1, -0.05) is 95.5 Å². The van der Waals surface area contributed by atoms with Gasteiger partial charge in [-0.05, 0) is 24.1 Å². The van der Waals surface area contributed by atoms with Crippen molar-refractivity contribution in [1.29, 1.82) is 0 Å². The Morgan fingerprint density at radius 1 is 0.743 bits per heavy atom. The average molecular weight is 488 g/mol. The Labute approximate surface area is 206 Å². The van der Waals surface area contributed by atoms with E-state index in [0.717, 1.165) is 25.0 Å². The molecule has 0 saturated carbocycles. The van der Waals surface area contributed by atoms with Crippen molar-refractivity contribution in [2.24, 2.45) is 0 Å². The SMILES string of the molecule is CCCCCCCCCCCCCCCCc1cc(Oc2ccc([N+](=O)[O-])cc2[N+](=O)[O-])nnn1. The Balaban J connectivity index is 1.64. The Kier molecular flexibility index (Phi) is 13.2. The third-order valence-corrected chi connectivity index (χ3v) is 5.96. The molecule has 1 heterocycles. The number of hydrogen-bond donors (Lipinski definition) is 0. The number of nitrogens with zero attached hydrogens (tertiary/aromatic N) is 5. The fourth-order valence-corrected chi connectivity index (χ4v) is 3.96. The molecule has 0 spiro atoms. The molecule has 2 aromatic rings. The highest BCUT2D eigenvalue weighted by molar-refractivity contribution is 5.54. The maximum atomic E-state index is 11.3. The zero-order valence-corrected chi connectivity index (χ0v) is 20.7. The maximum Gasteiger partial charge on any atom is 0.318 e. The van der Waals surface area contributed by atoms with Gasteiger partial charge < -0.3 is 4.74 Å². The van der Waals surface area contributed by atoms with Crippen LogP contribution in [0.25, 0.3) is 0 Å². The number of rotatable bonds is 19. The number of aryl methyl sites for hydroxylation is 1. The van der Waals surface area contributed by atoms with Gasteiger partial charge in [-0.3, -0.25) is 20.2 Å². The summed E-state index contributed by atoms with van der Waals surface area (Å²) in [7, 11) is 0. The molecule has 0 aliphatic carbocycles. The summed E-state index contributed by atoms with van der Waals surface area (Å²) in [6.45, 7) is 2.25. The average Bonchev–Trinajstić information content (AvgIpc) is 2.84. The van der Waals surface area contributed by atoms with E-state index < -0.39 is 15.5 Å². The number of ether oxygens (including phenoxy) is 1. The molecule has 1 aromatic carbocycles. The van der Waals surface area contributed by atoms with E-state index in [0.29, 0.717) is 12.1 Å². The lowest BCUT2D eigenvalue weighted by Crippen LogP contribution is -2.00. The van der Waals surface area contributed by atoms with Crippen LogP contribution in [0.3, 0.4) is 0 Å². The highest BCUT2D eigenvalue weighted by Crippen LogP contribution is 2.33. The summed E-state index contributed by atoms with van der Waals surface area (Å²) in [5.41, 5.74) is -0.201. The first-order valence-electron chi connectivity index (χ1n) is 12.8. The van der Waals surface area contributed by atoms with E-state index in [1.807, 2.05) is 0 Å². The molecular weight excluding hydrogens is 450 g/mol. The van der Waals surface area contributed by atoms with Crippen LogP contribution < -0.4 is 4.74 Å². The quantitative estimate of drug-likeness (QED) is 0.113. The van der Waals surface area contributed by atoms with Crippen LogP contribution in [0.15, 0.2) is 24.3 Å². The molecule has 0 saturated heterocycles. The molecule has 0 aliphatic heterocycles. The van der Waals surface area contributed by atoms with Gasteiger partial charge >= 0.3 is 5.69 Å². The predicted molar refractivity (Wildman–Crippen MR) is 134 cm³/mol. The van der Waals surface area contributed by atoms with Crippen molar-refractivity contribution < 1.29 is 14.6 Å². The van der Waals surface area contributed by atoms with E-state index in [1.54, 1.807) is 6.07 Å². The fourth-order valence-electron chi connectivity index (χ4n) is 3.96. The molecule has 0 radical (unpaired) electrons. The molecule has 0 unspecified atom stereocenters. The van der Waals surface area contributed by atoms with Crippen LogP contribution in [0.2, 0.25) is 0 Å². The first-order chi connectivity index (χ1) is 17.0. The molecule has 0 fully saturated rings. The maximum absolute atomic E-state index is 11.3. The lowest BCUT2D eigenvalue weighted by Gasteiger charge is -2.06. The van der Waals surface area contributed by atoms with E-state index in [4.69, 9.17) is 4.74 Å². The second-order valence-corrected chi connectivity index (χ2v) is 8.88. The summed E-state index contributed by atoms with van der Waals surface area (Å²) in [5.74, 6) is -0.0686. The van der Waals surface area contributed by atoms with E-state index >= 15 is 0 Å². The van der Waals surface area contributed by atoms with Crippen molar-refractivity contribution in [1.82, 2.24) is 15.4 Å². The first kappa shape index (κ1) is 28.1. The van der Waals surface area contributed by atoms with Gasteiger partial charge in [-0.2, -0.15) is 0 Å². The van der Waals surface area contributed by atoms with Crippen LogP contribution in [0.5, 0.6) is 11.6 Å². The highest BCUT2D eigenvalue weighted by Gasteiger charge is 2.21. The van der Waals surface area contributed by atoms with Crippen LogP contribution in [-0.2, 0) is 6.42 Å². The lowest BCUT2D eigenvalue weighted by molar-refractivity contribution is -0.394. The first-order valence-corrected chi connectivity index (χ1v) is 12.8. The predicted octanol–water partition coefficient (Wildman–Crippen LogP) is 7.50. The Morgan fingerprint density at radius 3 is 1.86 bits per heavy atom. The van der Waals surface area contributed by atoms with Crippen LogP contribution in [0, 0.1) is 20.2 Å².